The van der Waals surface area contributed by atoms with Crippen LogP contribution in [0.2, 0.25) is 0 Å². The fourth-order valence-corrected chi connectivity index (χ4v) is 5.57. The molecule has 1 aliphatic heterocycles. The van der Waals surface area contributed by atoms with Gasteiger partial charge < -0.3 is 15.0 Å². The molecule has 1 fully saturated rings. The number of para-hydroxylation sites is 2. The van der Waals surface area contributed by atoms with Gasteiger partial charge in [-0.2, -0.15) is 18.4 Å². The fraction of sp³-hybridized carbons (Fsp3) is 0.300. The van der Waals surface area contributed by atoms with E-state index in [4.69, 9.17) is 4.74 Å². The van der Waals surface area contributed by atoms with E-state index in [-0.39, 0.29) is 47.6 Å². The number of nitrogens with one attached hydrogen (secondary N) is 1. The highest BCUT2D eigenvalue weighted by Gasteiger charge is 2.35. The molecule has 0 bridgehead atoms. The zero-order chi connectivity index (χ0) is 30.0. The third kappa shape index (κ3) is 5.35. The number of anilines is 1. The van der Waals surface area contributed by atoms with Gasteiger partial charge in [0.2, 0.25) is 0 Å². The predicted molar refractivity (Wildman–Crippen MR) is 148 cm³/mol. The second-order valence-electron chi connectivity index (χ2n) is 9.95. The number of halogens is 4. The molecular formula is C30H27F4N5O3. The molecule has 1 aliphatic rings. The Bertz CT molecular complexity index is 1740. The van der Waals surface area contributed by atoms with Crippen LogP contribution in [0.5, 0.6) is 0 Å². The Kier molecular flexibility index (Phi) is 8.04. The van der Waals surface area contributed by atoms with E-state index < -0.39 is 41.7 Å². The molecule has 1 N–H and O–H groups in total. The summed E-state index contributed by atoms with van der Waals surface area (Å²) in [6.07, 6.45) is -4.25. The van der Waals surface area contributed by atoms with Gasteiger partial charge in [-0.3, -0.25) is 13.9 Å². The summed E-state index contributed by atoms with van der Waals surface area (Å²) in [6.45, 7) is 0.524. The van der Waals surface area contributed by atoms with E-state index >= 15 is 0 Å². The van der Waals surface area contributed by atoms with Crippen LogP contribution in [0.15, 0.2) is 65.5 Å². The molecule has 1 atom stereocenters. The molecule has 0 saturated carbocycles. The van der Waals surface area contributed by atoms with Gasteiger partial charge in [-0.25, -0.2) is 9.18 Å². The van der Waals surface area contributed by atoms with Crippen molar-refractivity contribution in [2.75, 3.05) is 38.3 Å². The molecule has 0 radical (unpaired) electrons. The second-order valence-corrected chi connectivity index (χ2v) is 9.95. The molecule has 4 aromatic rings. The van der Waals surface area contributed by atoms with E-state index in [0.29, 0.717) is 18.5 Å². The summed E-state index contributed by atoms with van der Waals surface area (Å²) in [5.41, 5.74) is -0.629. The monoisotopic (exact) mass is 581 g/mol. The Balaban J connectivity index is 1.64. The zero-order valence-corrected chi connectivity index (χ0v) is 22.6. The highest BCUT2D eigenvalue weighted by atomic mass is 19.4. The molecule has 42 heavy (non-hydrogen) atoms. The van der Waals surface area contributed by atoms with E-state index in [0.717, 1.165) is 6.07 Å². The van der Waals surface area contributed by atoms with E-state index in [1.165, 1.54) is 58.7 Å². The van der Waals surface area contributed by atoms with Crippen LogP contribution in [0.4, 0.5) is 23.2 Å². The lowest BCUT2D eigenvalue weighted by Crippen LogP contribution is -2.31. The molecule has 2 heterocycles. The minimum absolute atomic E-state index is 0.125. The lowest BCUT2D eigenvalue weighted by atomic mass is 10.1. The number of imidazole rings is 1. The van der Waals surface area contributed by atoms with Gasteiger partial charge >= 0.3 is 11.9 Å². The number of carbonyl (C=O) groups excluding carboxylic acids is 1. The SMILES string of the molecule is COCCNC(=O)c1cccc2c1n(Cc1ccccc1C(F)(F)F)c(=O)n2[C@@H]1CCN(c2c(F)cccc2C#N)C1. The molecule has 12 heteroatoms. The number of carbonyl (C=O) groups is 1. The minimum atomic E-state index is -4.65. The van der Waals surface area contributed by atoms with E-state index in [1.807, 2.05) is 6.07 Å². The van der Waals surface area contributed by atoms with Crippen LogP contribution in [0, 0.1) is 17.1 Å². The number of rotatable bonds is 8. The van der Waals surface area contributed by atoms with Crippen LogP contribution in [0.25, 0.3) is 11.0 Å². The lowest BCUT2D eigenvalue weighted by molar-refractivity contribution is -0.138. The van der Waals surface area contributed by atoms with Crippen molar-refractivity contribution in [2.24, 2.45) is 0 Å². The summed E-state index contributed by atoms with van der Waals surface area (Å²) in [5.74, 6) is -1.08. The fourth-order valence-electron chi connectivity index (χ4n) is 5.57. The minimum Gasteiger partial charge on any atom is -0.383 e. The predicted octanol–water partition coefficient (Wildman–Crippen LogP) is 4.71. The number of hydrogen-bond donors (Lipinski definition) is 1. The Morgan fingerprint density at radius 2 is 1.88 bits per heavy atom. The first-order valence-electron chi connectivity index (χ1n) is 13.2. The quantitative estimate of drug-likeness (QED) is 0.241. The maximum Gasteiger partial charge on any atom is 0.416 e. The second kappa shape index (κ2) is 11.7. The summed E-state index contributed by atoms with van der Waals surface area (Å²) in [4.78, 5) is 28.9. The Labute approximate surface area is 238 Å². The van der Waals surface area contributed by atoms with Gasteiger partial charge in [0.05, 0.1) is 52.6 Å². The van der Waals surface area contributed by atoms with Crippen molar-refractivity contribution in [1.29, 1.82) is 5.26 Å². The van der Waals surface area contributed by atoms with Gasteiger partial charge in [0.25, 0.3) is 5.91 Å². The molecule has 218 valence electrons. The molecule has 3 aromatic carbocycles. The molecule has 0 spiro atoms. The van der Waals surface area contributed by atoms with Crippen LogP contribution < -0.4 is 15.9 Å². The third-order valence-corrected chi connectivity index (χ3v) is 7.42. The summed E-state index contributed by atoms with van der Waals surface area (Å²) in [5, 5.41) is 12.2. The first-order valence-corrected chi connectivity index (χ1v) is 13.2. The van der Waals surface area contributed by atoms with E-state index in [2.05, 4.69) is 5.32 Å². The largest absolute Gasteiger partial charge is 0.416 e. The van der Waals surface area contributed by atoms with Gasteiger partial charge in [-0.05, 0) is 42.3 Å². The first-order chi connectivity index (χ1) is 20.2. The summed E-state index contributed by atoms with van der Waals surface area (Å²) in [6, 6.07) is 15.5. The maximum atomic E-state index is 14.8. The number of hydrogen-bond acceptors (Lipinski definition) is 5. The van der Waals surface area contributed by atoms with Gasteiger partial charge in [0.1, 0.15) is 11.9 Å². The molecular weight excluding hydrogens is 554 g/mol. The number of ether oxygens (including phenoxy) is 1. The van der Waals surface area contributed by atoms with Gasteiger partial charge in [0, 0.05) is 26.7 Å². The van der Waals surface area contributed by atoms with Crippen LogP contribution in [-0.4, -0.2) is 48.4 Å². The average molecular weight is 582 g/mol. The maximum absolute atomic E-state index is 14.8. The standard InChI is InChI=1S/C30H27F4N5O3/c1-42-15-13-36-28(40)22-8-5-11-25-27(22)38(17-20-6-2-3-9-23(20)30(32,33)34)29(41)39(25)21-12-14-37(18-21)26-19(16-35)7-4-10-24(26)31/h2-11,21H,12-15,17-18H2,1H3,(H,36,40)/t21-/m1/s1. The van der Waals surface area contributed by atoms with Gasteiger partial charge in [-0.1, -0.05) is 30.3 Å². The highest BCUT2D eigenvalue weighted by Crippen LogP contribution is 2.35. The average Bonchev–Trinajstić information content (AvgIpc) is 3.54. The number of benzene rings is 3. The number of amides is 1. The normalized spacial score (nSPS) is 15.2. The Hall–Kier alpha value is -4.63. The van der Waals surface area contributed by atoms with Crippen molar-refractivity contribution >= 4 is 22.6 Å². The van der Waals surface area contributed by atoms with Crippen molar-refractivity contribution < 1.29 is 27.1 Å². The Morgan fingerprint density at radius 3 is 2.62 bits per heavy atom. The number of methoxy groups -OCH3 is 1. The number of nitrogens with zero attached hydrogens (tertiary/aromatic N) is 4. The zero-order valence-electron chi connectivity index (χ0n) is 22.6. The van der Waals surface area contributed by atoms with Crippen LogP contribution in [-0.2, 0) is 17.5 Å². The first kappa shape index (κ1) is 28.9. The van der Waals surface area contributed by atoms with Crippen molar-refractivity contribution in [3.05, 3.63) is 99.2 Å². The van der Waals surface area contributed by atoms with Gasteiger partial charge in [-0.15, -0.1) is 0 Å². The summed E-state index contributed by atoms with van der Waals surface area (Å²) >= 11 is 0. The number of fused-ring (bicyclic) bond motifs is 1. The van der Waals surface area contributed by atoms with Crippen LogP contribution >= 0.6 is 0 Å². The topological polar surface area (TPSA) is 92.3 Å². The van der Waals surface area contributed by atoms with Gasteiger partial charge in [0.15, 0.2) is 0 Å². The molecule has 1 amide bonds. The molecule has 0 aliphatic carbocycles. The number of alkyl halides is 3. The van der Waals surface area contributed by atoms with E-state index in [1.54, 1.807) is 17.0 Å². The third-order valence-electron chi connectivity index (χ3n) is 7.42. The Morgan fingerprint density at radius 1 is 1.12 bits per heavy atom. The number of nitriles is 1. The molecule has 5 rings (SSSR count). The van der Waals surface area contributed by atoms with Crippen LogP contribution in [0.1, 0.15) is 39.5 Å². The van der Waals surface area contributed by atoms with Crippen molar-refractivity contribution in [3.8, 4) is 6.07 Å². The van der Waals surface area contributed by atoms with Crippen molar-refractivity contribution in [1.82, 2.24) is 14.5 Å². The van der Waals surface area contributed by atoms with Crippen molar-refractivity contribution in [3.63, 3.8) is 0 Å². The smallest absolute Gasteiger partial charge is 0.383 e. The molecule has 0 unspecified atom stereocenters. The molecule has 1 saturated heterocycles. The summed E-state index contributed by atoms with van der Waals surface area (Å²) in [7, 11) is 1.48. The van der Waals surface area contributed by atoms with E-state index in [9.17, 15) is 32.4 Å². The number of aromatic nitrogens is 2. The molecule has 8 nitrogen and oxygen atoms in total. The highest BCUT2D eigenvalue weighted by molar-refractivity contribution is 6.05. The van der Waals surface area contributed by atoms with Crippen molar-refractivity contribution in [2.45, 2.75) is 25.2 Å². The van der Waals surface area contributed by atoms with Crippen LogP contribution in [0.3, 0.4) is 0 Å². The lowest BCUT2D eigenvalue weighted by Gasteiger charge is -2.21. The molecule has 1 aromatic heterocycles. The summed E-state index contributed by atoms with van der Waals surface area (Å²) < 4.78 is 64.0.